The van der Waals surface area contributed by atoms with Crippen LogP contribution in [0.25, 0.3) is 0 Å². The lowest BCUT2D eigenvalue weighted by atomic mass is 9.73. The summed E-state index contributed by atoms with van der Waals surface area (Å²) in [6.45, 7) is 8.21. The van der Waals surface area contributed by atoms with Crippen molar-refractivity contribution < 1.29 is 0 Å². The molecule has 0 bridgehead atoms. The number of nitrogens with zero attached hydrogens (tertiary/aromatic N) is 1. The Labute approximate surface area is 119 Å². The van der Waals surface area contributed by atoms with E-state index in [0.29, 0.717) is 5.41 Å². The number of nitrogens with one attached hydrogen (secondary N) is 1. The predicted molar refractivity (Wildman–Crippen MR) is 82.2 cm³/mol. The zero-order valence-electron chi connectivity index (χ0n) is 11.5. The van der Waals surface area contributed by atoms with E-state index in [9.17, 15) is 0 Å². The molecule has 1 aliphatic rings. The van der Waals surface area contributed by atoms with E-state index in [-0.39, 0.29) is 0 Å². The van der Waals surface area contributed by atoms with Crippen LogP contribution in [0.2, 0.25) is 0 Å². The van der Waals surface area contributed by atoms with Crippen molar-refractivity contribution in [2.24, 2.45) is 11.3 Å². The molecule has 0 spiro atoms. The number of rotatable bonds is 3. The molecule has 1 aromatic rings. The van der Waals surface area contributed by atoms with Gasteiger partial charge in [0.2, 0.25) is 0 Å². The van der Waals surface area contributed by atoms with E-state index >= 15 is 0 Å². The topological polar surface area (TPSA) is 15.3 Å². The van der Waals surface area contributed by atoms with Gasteiger partial charge in [0.05, 0.1) is 0 Å². The molecule has 18 heavy (non-hydrogen) atoms. The Kier molecular flexibility index (Phi) is 4.33. The highest BCUT2D eigenvalue weighted by atomic mass is 79.9. The van der Waals surface area contributed by atoms with Gasteiger partial charge in [0.15, 0.2) is 0 Å². The maximum atomic E-state index is 3.50. The number of anilines is 1. The molecule has 1 N–H and O–H groups in total. The number of hydrogen-bond donors (Lipinski definition) is 1. The molecule has 1 heterocycles. The molecule has 0 amide bonds. The number of benzene rings is 1. The van der Waals surface area contributed by atoms with Crippen molar-refractivity contribution in [2.75, 3.05) is 31.6 Å². The van der Waals surface area contributed by atoms with Crippen molar-refractivity contribution in [3.8, 4) is 0 Å². The van der Waals surface area contributed by atoms with Gasteiger partial charge in [0.25, 0.3) is 0 Å². The second-order valence-corrected chi connectivity index (χ2v) is 6.85. The van der Waals surface area contributed by atoms with Gasteiger partial charge in [-0.2, -0.15) is 0 Å². The molecule has 0 saturated carbocycles. The van der Waals surface area contributed by atoms with Crippen LogP contribution in [0.5, 0.6) is 0 Å². The van der Waals surface area contributed by atoms with Gasteiger partial charge in [-0.25, -0.2) is 0 Å². The summed E-state index contributed by atoms with van der Waals surface area (Å²) >= 11 is 3.50. The van der Waals surface area contributed by atoms with Crippen molar-refractivity contribution in [1.82, 2.24) is 5.32 Å². The monoisotopic (exact) mass is 310 g/mol. The van der Waals surface area contributed by atoms with E-state index in [1.54, 1.807) is 0 Å². The molecule has 3 heteroatoms. The first kappa shape index (κ1) is 13.9. The summed E-state index contributed by atoms with van der Waals surface area (Å²) in [7, 11) is 2.05. The van der Waals surface area contributed by atoms with Crippen molar-refractivity contribution in [1.29, 1.82) is 0 Å². The average Bonchev–Trinajstić information content (AvgIpc) is 2.32. The zero-order chi connectivity index (χ0) is 13.2. The fraction of sp³-hybridized carbons (Fsp3) is 0.600. The lowest BCUT2D eigenvalue weighted by Gasteiger charge is -2.45. The first-order chi connectivity index (χ1) is 8.53. The molecule has 0 aliphatic carbocycles. The summed E-state index contributed by atoms with van der Waals surface area (Å²) in [5.74, 6) is 0.772. The molecule has 1 atom stereocenters. The van der Waals surface area contributed by atoms with Gasteiger partial charge in [0, 0.05) is 23.2 Å². The van der Waals surface area contributed by atoms with E-state index in [4.69, 9.17) is 0 Å². The molecular weight excluding hydrogens is 288 g/mol. The minimum atomic E-state index is 0.369. The normalized spacial score (nSPS) is 23.1. The summed E-state index contributed by atoms with van der Waals surface area (Å²) in [6, 6.07) is 8.67. The first-order valence-corrected chi connectivity index (χ1v) is 7.47. The molecule has 1 aromatic carbocycles. The van der Waals surface area contributed by atoms with E-state index in [2.05, 4.69) is 71.3 Å². The third-order valence-electron chi connectivity index (χ3n) is 4.09. The molecule has 0 radical (unpaired) electrons. The minimum absolute atomic E-state index is 0.369. The van der Waals surface area contributed by atoms with E-state index in [1.165, 1.54) is 12.1 Å². The predicted octanol–water partition coefficient (Wildman–Crippen LogP) is 3.52. The van der Waals surface area contributed by atoms with Crippen LogP contribution in [-0.2, 0) is 0 Å². The fourth-order valence-corrected chi connectivity index (χ4v) is 3.16. The number of hydrogen-bond acceptors (Lipinski definition) is 2. The van der Waals surface area contributed by atoms with Crippen LogP contribution in [0.15, 0.2) is 28.7 Å². The molecule has 1 fully saturated rings. The smallest absolute Gasteiger partial charge is 0.0367 e. The Balaban J connectivity index is 2.08. The van der Waals surface area contributed by atoms with E-state index < -0.39 is 0 Å². The number of halogens is 1. The largest absolute Gasteiger partial charge is 0.371 e. The highest BCUT2D eigenvalue weighted by Gasteiger charge is 2.35. The summed E-state index contributed by atoms with van der Waals surface area (Å²) in [5.41, 5.74) is 1.71. The third kappa shape index (κ3) is 3.07. The van der Waals surface area contributed by atoms with Crippen LogP contribution in [0.3, 0.4) is 0 Å². The van der Waals surface area contributed by atoms with Gasteiger partial charge in [0.1, 0.15) is 0 Å². The highest BCUT2D eigenvalue weighted by molar-refractivity contribution is 9.10. The van der Waals surface area contributed by atoms with Crippen molar-refractivity contribution in [3.05, 3.63) is 28.7 Å². The van der Waals surface area contributed by atoms with Gasteiger partial charge < -0.3 is 10.2 Å². The van der Waals surface area contributed by atoms with Crippen LogP contribution in [0, 0.1) is 11.3 Å². The summed E-state index contributed by atoms with van der Waals surface area (Å²) in [5, 5.41) is 3.33. The van der Waals surface area contributed by atoms with Crippen LogP contribution in [-0.4, -0.2) is 26.7 Å². The minimum Gasteiger partial charge on any atom is -0.371 e. The molecule has 2 nitrogen and oxygen atoms in total. The lowest BCUT2D eigenvalue weighted by molar-refractivity contribution is 0.174. The zero-order valence-corrected chi connectivity index (χ0v) is 13.1. The fourth-order valence-electron chi connectivity index (χ4n) is 2.90. The molecule has 2 rings (SSSR count). The highest BCUT2D eigenvalue weighted by Crippen LogP contribution is 2.36. The Bertz CT molecular complexity index is 386. The van der Waals surface area contributed by atoms with Crippen LogP contribution in [0.1, 0.15) is 20.3 Å². The Morgan fingerprint density at radius 2 is 2.00 bits per heavy atom. The number of piperidine rings is 1. The van der Waals surface area contributed by atoms with Crippen LogP contribution < -0.4 is 10.2 Å². The molecular formula is C15H23BrN2. The lowest BCUT2D eigenvalue weighted by Crippen LogP contribution is -2.48. The standard InChI is InChI=1S/C15H23BrN2/c1-15(2)11-18(9-8-12(15)10-17-3)14-6-4-13(16)5-7-14/h4-7,12,17H,8-11H2,1-3H3. The van der Waals surface area contributed by atoms with Gasteiger partial charge >= 0.3 is 0 Å². The molecule has 0 aromatic heterocycles. The Morgan fingerprint density at radius 1 is 1.33 bits per heavy atom. The van der Waals surface area contributed by atoms with Gasteiger partial charge in [-0.1, -0.05) is 29.8 Å². The van der Waals surface area contributed by atoms with Crippen LogP contribution in [0.4, 0.5) is 5.69 Å². The maximum absolute atomic E-state index is 3.50. The van der Waals surface area contributed by atoms with Gasteiger partial charge in [-0.3, -0.25) is 0 Å². The van der Waals surface area contributed by atoms with Gasteiger partial charge in [-0.15, -0.1) is 0 Å². The van der Waals surface area contributed by atoms with Crippen LogP contribution >= 0.6 is 15.9 Å². The van der Waals surface area contributed by atoms with Gasteiger partial charge in [-0.05, 0) is 55.6 Å². The molecule has 100 valence electrons. The summed E-state index contributed by atoms with van der Waals surface area (Å²) < 4.78 is 1.15. The van der Waals surface area contributed by atoms with Crippen molar-refractivity contribution in [2.45, 2.75) is 20.3 Å². The first-order valence-electron chi connectivity index (χ1n) is 6.68. The maximum Gasteiger partial charge on any atom is 0.0367 e. The second kappa shape index (κ2) is 5.62. The molecule has 1 aliphatic heterocycles. The SMILES string of the molecule is CNCC1CCN(c2ccc(Br)cc2)CC1(C)C. The average molecular weight is 311 g/mol. The van der Waals surface area contributed by atoms with E-state index in [1.807, 2.05) is 0 Å². The second-order valence-electron chi connectivity index (χ2n) is 5.93. The third-order valence-corrected chi connectivity index (χ3v) is 4.62. The van der Waals surface area contributed by atoms with Crippen molar-refractivity contribution in [3.63, 3.8) is 0 Å². The Morgan fingerprint density at radius 3 is 2.56 bits per heavy atom. The summed E-state index contributed by atoms with van der Waals surface area (Å²) in [4.78, 5) is 2.51. The molecule has 1 unspecified atom stereocenters. The quantitative estimate of drug-likeness (QED) is 0.919. The Hall–Kier alpha value is -0.540. The molecule has 1 saturated heterocycles. The summed E-state index contributed by atoms with van der Waals surface area (Å²) in [6.07, 6.45) is 1.27. The van der Waals surface area contributed by atoms with E-state index in [0.717, 1.165) is 30.0 Å². The van der Waals surface area contributed by atoms with Crippen molar-refractivity contribution >= 4 is 21.6 Å².